The third-order valence-corrected chi connectivity index (χ3v) is 6.00. The van der Waals surface area contributed by atoms with Crippen molar-refractivity contribution < 1.29 is 0 Å². The lowest BCUT2D eigenvalue weighted by Crippen LogP contribution is -2.44. The monoisotopic (exact) mass is 484 g/mol. The first kappa shape index (κ1) is 21.2. The van der Waals surface area contributed by atoms with E-state index >= 15 is 0 Å². The predicted octanol–water partition coefficient (Wildman–Crippen LogP) is 4.55. The van der Waals surface area contributed by atoms with Gasteiger partial charge >= 0.3 is 0 Å². The second-order valence-electron chi connectivity index (χ2n) is 7.00. The van der Waals surface area contributed by atoms with Gasteiger partial charge in [-0.3, -0.25) is 4.99 Å². The van der Waals surface area contributed by atoms with Crippen LogP contribution < -0.4 is 10.6 Å². The number of hydrogen-bond acceptors (Lipinski definition) is 3. The number of nitrogens with zero attached hydrogens (tertiary/aromatic N) is 2. The zero-order chi connectivity index (χ0) is 17.7. The first-order valence-electron chi connectivity index (χ1n) is 9.04. The fourth-order valence-corrected chi connectivity index (χ4v) is 4.44. The van der Waals surface area contributed by atoms with Crippen molar-refractivity contribution in [3.63, 3.8) is 0 Å². The Morgan fingerprint density at radius 3 is 2.62 bits per heavy atom. The van der Waals surface area contributed by atoms with Crippen LogP contribution in [0.3, 0.4) is 0 Å². The molecule has 0 radical (unpaired) electrons. The minimum Gasteiger partial charge on any atom is -0.356 e. The number of halogens is 1. The summed E-state index contributed by atoms with van der Waals surface area (Å²) in [6, 6.07) is 8.99. The molecule has 0 bridgehead atoms. The second kappa shape index (κ2) is 9.69. The summed E-state index contributed by atoms with van der Waals surface area (Å²) in [5, 5.41) is 8.05. The lowest BCUT2D eigenvalue weighted by atomic mass is 9.78. The molecule has 1 saturated carbocycles. The van der Waals surface area contributed by atoms with Crippen molar-refractivity contribution in [3.8, 4) is 0 Å². The van der Waals surface area contributed by atoms with Crippen LogP contribution in [0.25, 0.3) is 0 Å². The third kappa shape index (κ3) is 5.19. The maximum absolute atomic E-state index is 4.40. The maximum Gasteiger partial charge on any atom is 0.191 e. The summed E-state index contributed by atoms with van der Waals surface area (Å²) in [6.45, 7) is 5.90. The highest BCUT2D eigenvalue weighted by molar-refractivity contribution is 14.0. The molecule has 6 heteroatoms. The standard InChI is InChI=1S/C20H28N4S.HI/c1-15-7-6-8-17(11-15)20(9-4-5-10-20)14-24-19(21-3)23-13-18-22-12-16(2)25-18;/h6-8,11-12H,4-5,9-10,13-14H2,1-3H3,(H2,21,23,24);1H. The van der Waals surface area contributed by atoms with Gasteiger partial charge in [-0.05, 0) is 32.3 Å². The van der Waals surface area contributed by atoms with E-state index in [0.29, 0.717) is 0 Å². The van der Waals surface area contributed by atoms with E-state index in [9.17, 15) is 0 Å². The van der Waals surface area contributed by atoms with E-state index in [1.54, 1.807) is 11.3 Å². The van der Waals surface area contributed by atoms with Crippen LogP contribution in [0.2, 0.25) is 0 Å². The molecule has 1 aromatic carbocycles. The summed E-state index contributed by atoms with van der Waals surface area (Å²) in [7, 11) is 1.83. The molecule has 0 unspecified atom stereocenters. The molecular formula is C20H29IN4S. The Hall–Kier alpha value is -1.15. The number of rotatable bonds is 5. The predicted molar refractivity (Wildman–Crippen MR) is 122 cm³/mol. The van der Waals surface area contributed by atoms with Crippen molar-refractivity contribution in [1.29, 1.82) is 0 Å². The lowest BCUT2D eigenvalue weighted by molar-refractivity contribution is 0.431. The van der Waals surface area contributed by atoms with Gasteiger partial charge in [0.2, 0.25) is 0 Å². The van der Waals surface area contributed by atoms with E-state index in [0.717, 1.165) is 24.1 Å². The first-order chi connectivity index (χ1) is 12.1. The summed E-state index contributed by atoms with van der Waals surface area (Å²) < 4.78 is 0. The van der Waals surface area contributed by atoms with Crippen molar-refractivity contribution in [2.45, 2.75) is 51.5 Å². The Bertz CT molecular complexity index is 735. The summed E-state index contributed by atoms with van der Waals surface area (Å²) in [6.07, 6.45) is 7.02. The van der Waals surface area contributed by atoms with Crippen molar-refractivity contribution in [2.24, 2.45) is 4.99 Å². The first-order valence-corrected chi connectivity index (χ1v) is 9.86. The molecule has 1 aromatic heterocycles. The number of aromatic nitrogens is 1. The van der Waals surface area contributed by atoms with Crippen LogP contribution in [-0.2, 0) is 12.0 Å². The summed E-state index contributed by atoms with van der Waals surface area (Å²) in [5.74, 6) is 0.854. The van der Waals surface area contributed by atoms with E-state index < -0.39 is 0 Å². The molecule has 0 aliphatic heterocycles. The number of benzene rings is 1. The molecule has 0 saturated heterocycles. The van der Waals surface area contributed by atoms with Gasteiger partial charge in [-0.15, -0.1) is 35.3 Å². The quantitative estimate of drug-likeness (QED) is 0.372. The molecule has 4 nitrogen and oxygen atoms in total. The minimum atomic E-state index is 0. The Kier molecular flexibility index (Phi) is 7.88. The SMILES string of the molecule is CN=C(NCc1ncc(C)s1)NCC1(c2cccc(C)c2)CCCC1.I. The van der Waals surface area contributed by atoms with Crippen LogP contribution in [0.4, 0.5) is 0 Å². The van der Waals surface area contributed by atoms with Crippen molar-refractivity contribution in [1.82, 2.24) is 15.6 Å². The summed E-state index contributed by atoms with van der Waals surface area (Å²) in [4.78, 5) is 10.0. The second-order valence-corrected chi connectivity index (χ2v) is 8.32. The molecule has 1 heterocycles. The molecule has 0 spiro atoms. The van der Waals surface area contributed by atoms with Crippen LogP contribution in [0.1, 0.15) is 46.7 Å². The number of aliphatic imine (C=N–C) groups is 1. The average molecular weight is 484 g/mol. The van der Waals surface area contributed by atoms with Crippen molar-refractivity contribution in [2.75, 3.05) is 13.6 Å². The van der Waals surface area contributed by atoms with Gasteiger partial charge in [-0.1, -0.05) is 42.7 Å². The molecule has 26 heavy (non-hydrogen) atoms. The number of nitrogens with one attached hydrogen (secondary N) is 2. The van der Waals surface area contributed by atoms with Gasteiger partial charge in [0.15, 0.2) is 5.96 Å². The number of guanidine groups is 1. The maximum atomic E-state index is 4.40. The Morgan fingerprint density at radius 2 is 2.00 bits per heavy atom. The van der Waals surface area contributed by atoms with E-state index in [1.165, 1.54) is 41.7 Å². The van der Waals surface area contributed by atoms with E-state index in [-0.39, 0.29) is 29.4 Å². The summed E-state index contributed by atoms with van der Waals surface area (Å²) >= 11 is 1.72. The molecule has 2 N–H and O–H groups in total. The van der Waals surface area contributed by atoms with Crippen LogP contribution in [0.5, 0.6) is 0 Å². The van der Waals surface area contributed by atoms with Gasteiger partial charge in [-0.25, -0.2) is 4.98 Å². The molecule has 1 aliphatic rings. The minimum absolute atomic E-state index is 0. The van der Waals surface area contributed by atoms with E-state index in [1.807, 2.05) is 13.2 Å². The normalized spacial score (nSPS) is 16.2. The van der Waals surface area contributed by atoms with Crippen LogP contribution in [0, 0.1) is 13.8 Å². The molecule has 2 aromatic rings. The third-order valence-electron chi connectivity index (χ3n) is 5.09. The number of aryl methyl sites for hydroxylation is 2. The van der Waals surface area contributed by atoms with Crippen LogP contribution >= 0.6 is 35.3 Å². The Balaban J connectivity index is 0.00000243. The summed E-state index contributed by atoms with van der Waals surface area (Å²) in [5.41, 5.74) is 3.02. The van der Waals surface area contributed by atoms with Crippen LogP contribution in [0.15, 0.2) is 35.5 Å². The molecule has 1 fully saturated rings. The zero-order valence-electron chi connectivity index (χ0n) is 15.8. The number of hydrogen-bond donors (Lipinski definition) is 2. The van der Waals surface area contributed by atoms with Gasteiger partial charge in [0.25, 0.3) is 0 Å². The Labute approximate surface area is 177 Å². The smallest absolute Gasteiger partial charge is 0.191 e. The highest BCUT2D eigenvalue weighted by Crippen LogP contribution is 2.40. The largest absolute Gasteiger partial charge is 0.356 e. The van der Waals surface area contributed by atoms with Gasteiger partial charge in [-0.2, -0.15) is 0 Å². The number of thiazole rings is 1. The highest BCUT2D eigenvalue weighted by Gasteiger charge is 2.35. The topological polar surface area (TPSA) is 49.3 Å². The van der Waals surface area contributed by atoms with Crippen molar-refractivity contribution in [3.05, 3.63) is 51.5 Å². The molecular weight excluding hydrogens is 455 g/mol. The molecule has 142 valence electrons. The fourth-order valence-electron chi connectivity index (χ4n) is 3.71. The molecule has 0 atom stereocenters. The molecule has 0 amide bonds. The van der Waals surface area contributed by atoms with E-state index in [4.69, 9.17) is 0 Å². The van der Waals surface area contributed by atoms with E-state index in [2.05, 4.69) is 58.7 Å². The van der Waals surface area contributed by atoms with Gasteiger partial charge in [0.1, 0.15) is 5.01 Å². The molecule has 1 aliphatic carbocycles. The molecule has 3 rings (SSSR count). The average Bonchev–Trinajstić information content (AvgIpc) is 3.25. The van der Waals surface area contributed by atoms with Gasteiger partial charge < -0.3 is 10.6 Å². The van der Waals surface area contributed by atoms with Gasteiger partial charge in [0.05, 0.1) is 6.54 Å². The zero-order valence-corrected chi connectivity index (χ0v) is 19.0. The Morgan fingerprint density at radius 1 is 1.23 bits per heavy atom. The fraction of sp³-hybridized carbons (Fsp3) is 0.500. The van der Waals surface area contributed by atoms with Crippen LogP contribution in [-0.4, -0.2) is 24.5 Å². The highest BCUT2D eigenvalue weighted by atomic mass is 127. The van der Waals surface area contributed by atoms with Crippen molar-refractivity contribution >= 4 is 41.3 Å². The lowest BCUT2D eigenvalue weighted by Gasteiger charge is -2.31. The van der Waals surface area contributed by atoms with Gasteiger partial charge in [0, 0.05) is 30.1 Å².